The second kappa shape index (κ2) is 5.64. The predicted molar refractivity (Wildman–Crippen MR) is 70.0 cm³/mol. The second-order valence-corrected chi connectivity index (χ2v) is 5.47. The minimum atomic E-state index is -4.57. The summed E-state index contributed by atoms with van der Waals surface area (Å²) in [6.45, 7) is 3.01. The van der Waals surface area contributed by atoms with Crippen LogP contribution in [-0.4, -0.2) is 13.1 Å². The van der Waals surface area contributed by atoms with Gasteiger partial charge in [-0.1, -0.05) is 13.0 Å². The number of nitrogens with one attached hydrogen (secondary N) is 1. The maximum Gasteiger partial charge on any atom is 0.416 e. The number of alkyl halides is 3. The molecule has 1 unspecified atom stereocenters. The van der Waals surface area contributed by atoms with E-state index in [-0.39, 0.29) is 5.56 Å². The Balaban J connectivity index is 2.35. The summed E-state index contributed by atoms with van der Waals surface area (Å²) in [7, 11) is 0. The average Bonchev–Trinajstić information content (AvgIpc) is 2.46. The first-order valence-electron chi connectivity index (χ1n) is 6.79. The van der Waals surface area contributed by atoms with Crippen LogP contribution in [0.2, 0.25) is 0 Å². The van der Waals surface area contributed by atoms with Crippen LogP contribution in [-0.2, 0) is 6.18 Å². The van der Waals surface area contributed by atoms with Crippen molar-refractivity contribution in [3.8, 4) is 6.07 Å². The summed E-state index contributed by atoms with van der Waals surface area (Å²) in [6, 6.07) is 4.80. The lowest BCUT2D eigenvalue weighted by Crippen LogP contribution is -2.39. The van der Waals surface area contributed by atoms with E-state index in [0.717, 1.165) is 12.1 Å². The Hall–Kier alpha value is -1.61. The Morgan fingerprint density at radius 3 is 2.38 bits per heavy atom. The number of piperidine rings is 1. The summed E-state index contributed by atoms with van der Waals surface area (Å²) < 4.78 is 51.8. The molecule has 0 amide bonds. The number of hydrogen-bond acceptors (Lipinski definition) is 2. The largest absolute Gasteiger partial charge is 0.416 e. The quantitative estimate of drug-likeness (QED) is 0.842. The Morgan fingerprint density at radius 1 is 1.29 bits per heavy atom. The Bertz CT molecular complexity index is 554. The second-order valence-electron chi connectivity index (χ2n) is 5.47. The lowest BCUT2D eigenvalue weighted by Gasteiger charge is -2.37. The van der Waals surface area contributed by atoms with E-state index >= 15 is 0 Å². The molecule has 1 N–H and O–H groups in total. The van der Waals surface area contributed by atoms with Gasteiger partial charge in [-0.25, -0.2) is 4.39 Å². The predicted octanol–water partition coefficient (Wildman–Crippen LogP) is 3.84. The Labute approximate surface area is 120 Å². The molecular weight excluding hydrogens is 284 g/mol. The lowest BCUT2D eigenvalue weighted by atomic mass is 9.68. The molecule has 0 radical (unpaired) electrons. The van der Waals surface area contributed by atoms with Crippen molar-refractivity contribution >= 4 is 0 Å². The van der Waals surface area contributed by atoms with E-state index in [1.165, 1.54) is 0 Å². The molecule has 0 aromatic heterocycles. The Kier molecular flexibility index (Phi) is 4.24. The first kappa shape index (κ1) is 15.8. The van der Waals surface area contributed by atoms with Gasteiger partial charge in [0.25, 0.3) is 0 Å². The monoisotopic (exact) mass is 300 g/mol. The molecule has 2 rings (SSSR count). The first-order chi connectivity index (χ1) is 9.80. The van der Waals surface area contributed by atoms with E-state index < -0.39 is 28.9 Å². The molecule has 1 aliphatic heterocycles. The third kappa shape index (κ3) is 3.03. The van der Waals surface area contributed by atoms with Gasteiger partial charge in [-0.15, -0.1) is 0 Å². The van der Waals surface area contributed by atoms with Crippen molar-refractivity contribution in [2.75, 3.05) is 13.1 Å². The van der Waals surface area contributed by atoms with Gasteiger partial charge in [0.1, 0.15) is 5.82 Å². The van der Waals surface area contributed by atoms with Crippen molar-refractivity contribution in [2.45, 2.75) is 31.9 Å². The molecule has 0 aliphatic carbocycles. The van der Waals surface area contributed by atoms with Crippen LogP contribution in [0.1, 0.15) is 36.8 Å². The topological polar surface area (TPSA) is 35.8 Å². The van der Waals surface area contributed by atoms with Gasteiger partial charge < -0.3 is 5.32 Å². The van der Waals surface area contributed by atoms with Gasteiger partial charge in [0.05, 0.1) is 17.0 Å². The molecule has 0 spiro atoms. The van der Waals surface area contributed by atoms with Crippen LogP contribution in [0.15, 0.2) is 18.2 Å². The van der Waals surface area contributed by atoms with Crippen molar-refractivity contribution in [2.24, 2.45) is 5.41 Å². The summed E-state index contributed by atoms with van der Waals surface area (Å²) in [6.07, 6.45) is -3.44. The zero-order chi connectivity index (χ0) is 15.7. The summed E-state index contributed by atoms with van der Waals surface area (Å²) in [4.78, 5) is 0. The fraction of sp³-hybridized carbons (Fsp3) is 0.533. The lowest BCUT2D eigenvalue weighted by molar-refractivity contribution is -0.137. The number of benzene rings is 1. The van der Waals surface area contributed by atoms with E-state index in [1.807, 2.05) is 0 Å². The van der Waals surface area contributed by atoms with Crippen LogP contribution in [0.5, 0.6) is 0 Å². The van der Waals surface area contributed by atoms with Crippen molar-refractivity contribution < 1.29 is 17.6 Å². The van der Waals surface area contributed by atoms with Crippen molar-refractivity contribution in [1.82, 2.24) is 5.32 Å². The molecule has 0 saturated carbocycles. The fourth-order valence-corrected chi connectivity index (χ4v) is 2.87. The van der Waals surface area contributed by atoms with E-state index in [2.05, 4.69) is 11.4 Å². The molecular formula is C15H16F4N2. The van der Waals surface area contributed by atoms with E-state index in [4.69, 9.17) is 0 Å². The molecule has 0 bridgehead atoms. The molecule has 1 fully saturated rings. The van der Waals surface area contributed by atoms with Crippen molar-refractivity contribution in [3.63, 3.8) is 0 Å². The summed E-state index contributed by atoms with van der Waals surface area (Å²) >= 11 is 0. The highest BCUT2D eigenvalue weighted by molar-refractivity contribution is 5.31. The van der Waals surface area contributed by atoms with Crippen molar-refractivity contribution in [3.05, 3.63) is 35.1 Å². The van der Waals surface area contributed by atoms with Gasteiger partial charge in [0.15, 0.2) is 0 Å². The molecule has 1 saturated heterocycles. The van der Waals surface area contributed by atoms with Crippen LogP contribution in [0.25, 0.3) is 0 Å². The molecule has 1 aromatic rings. The van der Waals surface area contributed by atoms with Crippen LogP contribution >= 0.6 is 0 Å². The summed E-state index contributed by atoms with van der Waals surface area (Å²) in [5.41, 5.74) is -1.56. The molecule has 2 nitrogen and oxygen atoms in total. The van der Waals surface area contributed by atoms with E-state index in [1.54, 1.807) is 6.92 Å². The van der Waals surface area contributed by atoms with Crippen molar-refractivity contribution in [1.29, 1.82) is 5.26 Å². The normalized spacial score (nSPS) is 19.8. The standard InChI is InChI=1S/C15H16F4N2/c1-10(14(9-20)4-6-21-7-5-14)12-3-2-11(8-13(12)16)15(17,18)19/h2-3,8,10,21H,4-7H2,1H3. The van der Waals surface area contributed by atoms with Crippen LogP contribution in [0.3, 0.4) is 0 Å². The minimum Gasteiger partial charge on any atom is -0.317 e. The molecule has 1 aliphatic rings. The van der Waals surface area contributed by atoms with Crippen LogP contribution in [0.4, 0.5) is 17.6 Å². The highest BCUT2D eigenvalue weighted by Gasteiger charge is 2.40. The first-order valence-corrected chi connectivity index (χ1v) is 6.79. The van der Waals surface area contributed by atoms with E-state index in [9.17, 15) is 22.8 Å². The summed E-state index contributed by atoms with van der Waals surface area (Å²) in [5, 5.41) is 12.6. The zero-order valence-electron chi connectivity index (χ0n) is 11.6. The van der Waals surface area contributed by atoms with E-state index in [0.29, 0.717) is 32.0 Å². The third-order valence-corrected chi connectivity index (χ3v) is 4.34. The van der Waals surface area contributed by atoms with Gasteiger partial charge in [0.2, 0.25) is 0 Å². The molecule has 6 heteroatoms. The van der Waals surface area contributed by atoms with Gasteiger partial charge in [-0.05, 0) is 43.6 Å². The van der Waals surface area contributed by atoms with Gasteiger partial charge >= 0.3 is 6.18 Å². The highest BCUT2D eigenvalue weighted by atomic mass is 19.4. The van der Waals surface area contributed by atoms with Gasteiger partial charge in [-0.3, -0.25) is 0 Å². The maximum atomic E-state index is 14.1. The maximum absolute atomic E-state index is 14.1. The molecule has 21 heavy (non-hydrogen) atoms. The fourth-order valence-electron chi connectivity index (χ4n) is 2.87. The number of halogens is 4. The number of hydrogen-bond donors (Lipinski definition) is 1. The molecule has 1 atom stereocenters. The van der Waals surface area contributed by atoms with Crippen LogP contribution < -0.4 is 5.32 Å². The summed E-state index contributed by atoms with van der Waals surface area (Å²) in [5.74, 6) is -1.35. The minimum absolute atomic E-state index is 0.173. The van der Waals surface area contributed by atoms with Gasteiger partial charge in [0, 0.05) is 5.92 Å². The molecule has 114 valence electrons. The molecule has 1 heterocycles. The highest BCUT2D eigenvalue weighted by Crippen LogP contribution is 2.43. The molecule has 1 aromatic carbocycles. The van der Waals surface area contributed by atoms with Crippen LogP contribution in [0, 0.1) is 22.6 Å². The Morgan fingerprint density at radius 2 is 1.90 bits per heavy atom. The number of nitriles is 1. The average molecular weight is 300 g/mol. The third-order valence-electron chi connectivity index (χ3n) is 4.34. The van der Waals surface area contributed by atoms with Gasteiger partial charge in [-0.2, -0.15) is 18.4 Å². The zero-order valence-corrected chi connectivity index (χ0v) is 11.6. The SMILES string of the molecule is CC(c1ccc(C(F)(F)F)cc1F)C1(C#N)CCNCC1. The number of rotatable bonds is 2. The smallest absolute Gasteiger partial charge is 0.317 e. The number of nitrogens with zero attached hydrogens (tertiary/aromatic N) is 1.